The van der Waals surface area contributed by atoms with E-state index >= 15 is 0 Å². The predicted molar refractivity (Wildman–Crippen MR) is 91.5 cm³/mol. The van der Waals surface area contributed by atoms with Crippen LogP contribution in [0, 0.1) is 6.92 Å². The number of ether oxygens (including phenoxy) is 1. The fourth-order valence-corrected chi connectivity index (χ4v) is 2.71. The van der Waals surface area contributed by atoms with Gasteiger partial charge in [-0.05, 0) is 49.2 Å². The molecule has 0 saturated carbocycles. The van der Waals surface area contributed by atoms with Crippen molar-refractivity contribution in [1.29, 1.82) is 0 Å². The van der Waals surface area contributed by atoms with E-state index in [1.54, 1.807) is 10.6 Å². The number of fused-ring (bicyclic) bond motifs is 1. The summed E-state index contributed by atoms with van der Waals surface area (Å²) in [5.74, 6) is 0.549. The molecule has 2 rings (SSSR count). The molecule has 0 saturated heterocycles. The van der Waals surface area contributed by atoms with E-state index in [1.807, 2.05) is 20.8 Å². The number of pyridine rings is 1. The van der Waals surface area contributed by atoms with Crippen LogP contribution in [0.1, 0.15) is 26.0 Å². The lowest BCUT2D eigenvalue weighted by molar-refractivity contribution is 0.141. The van der Waals surface area contributed by atoms with Gasteiger partial charge in [-0.25, -0.2) is 4.98 Å². The van der Waals surface area contributed by atoms with E-state index in [0.29, 0.717) is 35.8 Å². The lowest BCUT2D eigenvalue weighted by Crippen LogP contribution is -2.23. The van der Waals surface area contributed by atoms with Gasteiger partial charge in [0.1, 0.15) is 5.65 Å². The molecule has 120 valence electrons. The molecule has 7 heteroatoms. The molecule has 0 bridgehead atoms. The van der Waals surface area contributed by atoms with Crippen molar-refractivity contribution in [2.75, 3.05) is 25.1 Å². The van der Waals surface area contributed by atoms with Crippen molar-refractivity contribution in [3.63, 3.8) is 0 Å². The molecular weight excluding hydrogens is 348 g/mol. The number of aryl methyl sites for hydroxylation is 2. The number of anilines is 1. The molecule has 0 amide bonds. The Labute approximate surface area is 138 Å². The van der Waals surface area contributed by atoms with Gasteiger partial charge in [0.15, 0.2) is 0 Å². The summed E-state index contributed by atoms with van der Waals surface area (Å²) in [6.07, 6.45) is 0.763. The molecule has 0 aliphatic carbocycles. The smallest absolute Gasteiger partial charge is 0.266 e. The van der Waals surface area contributed by atoms with E-state index in [-0.39, 0.29) is 5.56 Å². The molecule has 0 aliphatic heterocycles. The van der Waals surface area contributed by atoms with E-state index in [4.69, 9.17) is 4.74 Å². The maximum Gasteiger partial charge on any atom is 0.266 e. The van der Waals surface area contributed by atoms with Crippen molar-refractivity contribution in [3.8, 4) is 0 Å². The predicted octanol–water partition coefficient (Wildman–Crippen LogP) is 2.72. The standard InChI is InChI=1S/C15H21BrN4O2/c1-4-17-15-18-10(3)11-9-12(16)14(21)20(13(11)19-15)7-6-8-22-5-2/h9H,4-8H2,1-3H3,(H,17,18,19). The third kappa shape index (κ3) is 3.64. The zero-order valence-electron chi connectivity index (χ0n) is 13.1. The number of hydrogen-bond acceptors (Lipinski definition) is 5. The Morgan fingerprint density at radius 3 is 2.82 bits per heavy atom. The summed E-state index contributed by atoms with van der Waals surface area (Å²) >= 11 is 3.34. The van der Waals surface area contributed by atoms with Crippen molar-refractivity contribution >= 4 is 32.9 Å². The van der Waals surface area contributed by atoms with E-state index in [0.717, 1.165) is 24.0 Å². The summed E-state index contributed by atoms with van der Waals surface area (Å²) in [6.45, 7) is 8.47. The highest BCUT2D eigenvalue weighted by Gasteiger charge is 2.12. The molecular formula is C15H21BrN4O2. The third-order valence-corrected chi connectivity index (χ3v) is 3.87. The number of halogens is 1. The van der Waals surface area contributed by atoms with Gasteiger partial charge in [0.05, 0.1) is 10.2 Å². The molecule has 0 aliphatic rings. The summed E-state index contributed by atoms with van der Waals surface area (Å²) in [5.41, 5.74) is 1.43. The zero-order valence-corrected chi connectivity index (χ0v) is 14.7. The van der Waals surface area contributed by atoms with Gasteiger partial charge in [-0.15, -0.1) is 0 Å². The fourth-order valence-electron chi connectivity index (χ4n) is 2.27. The number of hydrogen-bond donors (Lipinski definition) is 1. The van der Waals surface area contributed by atoms with E-state index < -0.39 is 0 Å². The summed E-state index contributed by atoms with van der Waals surface area (Å²) in [7, 11) is 0. The second-order valence-corrected chi connectivity index (χ2v) is 5.75. The average Bonchev–Trinajstić information content (AvgIpc) is 2.48. The summed E-state index contributed by atoms with van der Waals surface area (Å²) in [4.78, 5) is 21.4. The molecule has 0 unspecified atom stereocenters. The molecule has 0 fully saturated rings. The first-order valence-electron chi connectivity index (χ1n) is 7.47. The van der Waals surface area contributed by atoms with Crippen LogP contribution >= 0.6 is 15.9 Å². The van der Waals surface area contributed by atoms with Crippen molar-refractivity contribution in [3.05, 3.63) is 26.6 Å². The SMILES string of the molecule is CCNc1nc(C)c2cc(Br)c(=O)n(CCCOCC)c2n1. The molecule has 2 heterocycles. The van der Waals surface area contributed by atoms with Gasteiger partial charge < -0.3 is 10.1 Å². The largest absolute Gasteiger partial charge is 0.382 e. The topological polar surface area (TPSA) is 69.0 Å². The summed E-state index contributed by atoms with van der Waals surface area (Å²) < 4.78 is 7.57. The van der Waals surface area contributed by atoms with Crippen LogP contribution < -0.4 is 10.9 Å². The maximum atomic E-state index is 12.4. The number of aromatic nitrogens is 3. The Morgan fingerprint density at radius 2 is 2.14 bits per heavy atom. The highest BCUT2D eigenvalue weighted by molar-refractivity contribution is 9.10. The van der Waals surface area contributed by atoms with Crippen LogP contribution in [0.5, 0.6) is 0 Å². The van der Waals surface area contributed by atoms with Crippen LogP contribution in [0.3, 0.4) is 0 Å². The Morgan fingerprint density at radius 1 is 1.36 bits per heavy atom. The first kappa shape index (κ1) is 16.9. The van der Waals surface area contributed by atoms with E-state index in [2.05, 4.69) is 31.2 Å². The molecule has 0 atom stereocenters. The quantitative estimate of drug-likeness (QED) is 0.760. The van der Waals surface area contributed by atoms with Crippen molar-refractivity contribution in [1.82, 2.24) is 14.5 Å². The summed E-state index contributed by atoms with van der Waals surface area (Å²) in [5, 5.41) is 3.98. The van der Waals surface area contributed by atoms with Gasteiger partial charge in [0.25, 0.3) is 5.56 Å². The molecule has 1 N–H and O–H groups in total. The Bertz CT molecular complexity index is 715. The van der Waals surface area contributed by atoms with E-state index in [1.165, 1.54) is 0 Å². The molecule has 2 aromatic heterocycles. The second kappa shape index (κ2) is 7.69. The molecule has 0 spiro atoms. The number of nitrogens with zero attached hydrogens (tertiary/aromatic N) is 3. The van der Waals surface area contributed by atoms with Crippen molar-refractivity contribution in [2.45, 2.75) is 33.7 Å². The lowest BCUT2D eigenvalue weighted by atomic mass is 10.2. The van der Waals surface area contributed by atoms with Crippen LogP contribution in [-0.2, 0) is 11.3 Å². The lowest BCUT2D eigenvalue weighted by Gasteiger charge is -2.13. The molecule has 2 aromatic rings. The van der Waals surface area contributed by atoms with Gasteiger partial charge in [0, 0.05) is 31.7 Å². The van der Waals surface area contributed by atoms with Gasteiger partial charge >= 0.3 is 0 Å². The number of rotatable bonds is 7. The van der Waals surface area contributed by atoms with Gasteiger partial charge in [-0.1, -0.05) is 0 Å². The van der Waals surface area contributed by atoms with Crippen LogP contribution in [0.2, 0.25) is 0 Å². The van der Waals surface area contributed by atoms with Gasteiger partial charge in [0.2, 0.25) is 5.95 Å². The minimum absolute atomic E-state index is 0.0791. The van der Waals surface area contributed by atoms with E-state index in [9.17, 15) is 4.79 Å². The van der Waals surface area contributed by atoms with Crippen LogP contribution in [0.15, 0.2) is 15.3 Å². The molecule has 22 heavy (non-hydrogen) atoms. The average molecular weight is 369 g/mol. The maximum absolute atomic E-state index is 12.4. The second-order valence-electron chi connectivity index (χ2n) is 4.90. The minimum atomic E-state index is -0.0791. The first-order chi connectivity index (χ1) is 10.6. The highest BCUT2D eigenvalue weighted by Crippen LogP contribution is 2.19. The molecule has 0 aromatic carbocycles. The molecule has 0 radical (unpaired) electrons. The Balaban J connectivity index is 2.50. The highest BCUT2D eigenvalue weighted by atomic mass is 79.9. The zero-order chi connectivity index (χ0) is 16.1. The normalized spacial score (nSPS) is 11.1. The minimum Gasteiger partial charge on any atom is -0.382 e. The van der Waals surface area contributed by atoms with Crippen LogP contribution in [0.4, 0.5) is 5.95 Å². The van der Waals surface area contributed by atoms with Crippen LogP contribution in [-0.4, -0.2) is 34.3 Å². The van der Waals surface area contributed by atoms with Crippen LogP contribution in [0.25, 0.3) is 11.0 Å². The fraction of sp³-hybridized carbons (Fsp3) is 0.533. The van der Waals surface area contributed by atoms with Crippen molar-refractivity contribution in [2.24, 2.45) is 0 Å². The number of nitrogens with one attached hydrogen (secondary N) is 1. The third-order valence-electron chi connectivity index (χ3n) is 3.30. The van der Waals surface area contributed by atoms with Gasteiger partial charge in [-0.3, -0.25) is 9.36 Å². The monoisotopic (exact) mass is 368 g/mol. The Hall–Kier alpha value is -1.47. The Kier molecular flexibility index (Phi) is 5.90. The first-order valence-corrected chi connectivity index (χ1v) is 8.27. The summed E-state index contributed by atoms with van der Waals surface area (Å²) in [6, 6.07) is 1.79. The van der Waals surface area contributed by atoms with Gasteiger partial charge in [-0.2, -0.15) is 4.98 Å². The van der Waals surface area contributed by atoms with Crippen molar-refractivity contribution < 1.29 is 4.74 Å². The molecule has 6 nitrogen and oxygen atoms in total.